The van der Waals surface area contributed by atoms with Crippen LogP contribution < -0.4 is 5.32 Å². The van der Waals surface area contributed by atoms with Crippen molar-refractivity contribution < 1.29 is 18.8 Å². The summed E-state index contributed by atoms with van der Waals surface area (Å²) in [4.78, 5) is 40.1. The minimum atomic E-state index is -1.28. The molecule has 0 aliphatic carbocycles. The SMILES string of the molecule is CCCC[C@@]1(c2ccc(F)cc2)NC(=O)N(CC(=O)c2cc(C)c(C)cc2C)C1=O. The molecule has 0 radical (unpaired) electrons. The second kappa shape index (κ2) is 8.38. The second-order valence-electron chi connectivity index (χ2n) is 8.01. The number of carbonyl (C=O) groups excluding carboxylic acids is 3. The van der Waals surface area contributed by atoms with Crippen LogP contribution in [0.2, 0.25) is 0 Å². The van der Waals surface area contributed by atoms with Crippen molar-refractivity contribution >= 4 is 17.7 Å². The third kappa shape index (κ3) is 3.86. The van der Waals surface area contributed by atoms with Crippen LogP contribution in [0.15, 0.2) is 36.4 Å². The number of nitrogens with one attached hydrogen (secondary N) is 1. The summed E-state index contributed by atoms with van der Waals surface area (Å²) in [5.74, 6) is -1.18. The van der Waals surface area contributed by atoms with Crippen LogP contribution >= 0.6 is 0 Å². The molecule has 0 saturated carbocycles. The van der Waals surface area contributed by atoms with Gasteiger partial charge in [-0.1, -0.05) is 38.0 Å². The monoisotopic (exact) mass is 410 g/mol. The molecule has 1 fully saturated rings. The van der Waals surface area contributed by atoms with Gasteiger partial charge in [0.2, 0.25) is 0 Å². The van der Waals surface area contributed by atoms with Crippen LogP contribution in [0.1, 0.15) is 58.8 Å². The average molecular weight is 410 g/mol. The van der Waals surface area contributed by atoms with Gasteiger partial charge in [-0.25, -0.2) is 9.18 Å². The predicted octanol–water partition coefficient (Wildman–Crippen LogP) is 4.57. The zero-order chi connectivity index (χ0) is 22.1. The third-order valence-corrected chi connectivity index (χ3v) is 5.86. The smallest absolute Gasteiger partial charge is 0.319 e. The fourth-order valence-corrected chi connectivity index (χ4v) is 3.95. The zero-order valence-electron chi connectivity index (χ0n) is 17.8. The Morgan fingerprint density at radius 3 is 2.30 bits per heavy atom. The summed E-state index contributed by atoms with van der Waals surface area (Å²) in [6.45, 7) is 7.39. The van der Waals surface area contributed by atoms with Crippen molar-refractivity contribution in [3.05, 3.63) is 70.0 Å². The normalized spacial score (nSPS) is 18.6. The molecule has 3 rings (SSSR count). The average Bonchev–Trinajstić information content (AvgIpc) is 2.94. The van der Waals surface area contributed by atoms with Crippen molar-refractivity contribution in [3.63, 3.8) is 0 Å². The van der Waals surface area contributed by atoms with E-state index < -0.39 is 23.3 Å². The van der Waals surface area contributed by atoms with E-state index in [0.29, 0.717) is 24.0 Å². The lowest BCUT2D eigenvalue weighted by Gasteiger charge is -2.27. The van der Waals surface area contributed by atoms with Crippen LogP contribution in [0, 0.1) is 26.6 Å². The molecule has 1 heterocycles. The summed E-state index contributed by atoms with van der Waals surface area (Å²) in [6, 6.07) is 8.71. The number of carbonyl (C=O) groups is 3. The number of imide groups is 1. The van der Waals surface area contributed by atoms with Gasteiger partial charge in [-0.3, -0.25) is 14.5 Å². The molecule has 6 heteroatoms. The first-order valence-electron chi connectivity index (χ1n) is 10.2. The molecule has 1 aliphatic heterocycles. The number of Topliss-reactive ketones (excluding diaryl/α,β-unsaturated/α-hetero) is 1. The maximum absolute atomic E-state index is 13.4. The second-order valence-corrected chi connectivity index (χ2v) is 8.01. The van der Waals surface area contributed by atoms with Crippen LogP contribution in [0.5, 0.6) is 0 Å². The quantitative estimate of drug-likeness (QED) is 0.537. The number of nitrogens with zero attached hydrogens (tertiary/aromatic N) is 1. The van der Waals surface area contributed by atoms with E-state index in [9.17, 15) is 18.8 Å². The number of unbranched alkanes of at least 4 members (excludes halogenated alkanes) is 1. The molecule has 0 spiro atoms. The Balaban J connectivity index is 1.92. The number of hydrogen-bond acceptors (Lipinski definition) is 3. The van der Waals surface area contributed by atoms with E-state index in [1.165, 1.54) is 24.3 Å². The third-order valence-electron chi connectivity index (χ3n) is 5.86. The lowest BCUT2D eigenvalue weighted by Crippen LogP contribution is -2.44. The highest BCUT2D eigenvalue weighted by Gasteiger charge is 2.52. The summed E-state index contributed by atoms with van der Waals surface area (Å²) in [7, 11) is 0. The maximum Gasteiger partial charge on any atom is 0.325 e. The molecule has 0 aromatic heterocycles. The maximum atomic E-state index is 13.4. The van der Waals surface area contributed by atoms with Gasteiger partial charge in [0, 0.05) is 5.56 Å². The van der Waals surface area contributed by atoms with Crippen molar-refractivity contribution in [2.45, 2.75) is 52.5 Å². The topological polar surface area (TPSA) is 66.5 Å². The van der Waals surface area contributed by atoms with Crippen LogP contribution in [0.3, 0.4) is 0 Å². The van der Waals surface area contributed by atoms with Gasteiger partial charge in [0.1, 0.15) is 11.4 Å². The predicted molar refractivity (Wildman–Crippen MR) is 113 cm³/mol. The summed E-state index contributed by atoms with van der Waals surface area (Å²) >= 11 is 0. The number of amides is 3. The molecule has 1 aliphatic rings. The molecular formula is C24H27FN2O3. The molecule has 30 heavy (non-hydrogen) atoms. The zero-order valence-corrected chi connectivity index (χ0v) is 17.8. The number of aryl methyl sites for hydroxylation is 3. The van der Waals surface area contributed by atoms with E-state index in [0.717, 1.165) is 28.0 Å². The molecular weight excluding hydrogens is 383 g/mol. The van der Waals surface area contributed by atoms with Crippen LogP contribution in [-0.2, 0) is 10.3 Å². The van der Waals surface area contributed by atoms with E-state index in [1.54, 1.807) is 6.07 Å². The highest BCUT2D eigenvalue weighted by molar-refractivity contribution is 6.11. The Kier molecular flexibility index (Phi) is 6.06. The molecule has 0 unspecified atom stereocenters. The first-order chi connectivity index (χ1) is 14.2. The molecule has 3 amide bonds. The molecule has 158 valence electrons. The van der Waals surface area contributed by atoms with Crippen molar-refractivity contribution in [2.75, 3.05) is 6.54 Å². The number of ketones is 1. The first-order valence-corrected chi connectivity index (χ1v) is 10.2. The highest BCUT2D eigenvalue weighted by atomic mass is 19.1. The Hall–Kier alpha value is -3.02. The Morgan fingerprint density at radius 2 is 1.67 bits per heavy atom. The van der Waals surface area contributed by atoms with Gasteiger partial charge in [-0.05, 0) is 67.6 Å². The van der Waals surface area contributed by atoms with E-state index in [1.807, 2.05) is 33.8 Å². The van der Waals surface area contributed by atoms with Crippen molar-refractivity contribution in [2.24, 2.45) is 0 Å². The van der Waals surface area contributed by atoms with Gasteiger partial charge >= 0.3 is 6.03 Å². The molecule has 0 bridgehead atoms. The molecule has 1 atom stereocenters. The molecule has 5 nitrogen and oxygen atoms in total. The fraction of sp³-hybridized carbons (Fsp3) is 0.375. The summed E-state index contributed by atoms with van der Waals surface area (Å²) in [6.07, 6.45) is 1.90. The van der Waals surface area contributed by atoms with Gasteiger partial charge in [0.25, 0.3) is 5.91 Å². The minimum absolute atomic E-state index is 0.288. The molecule has 1 N–H and O–H groups in total. The Labute approximate surface area is 176 Å². The molecule has 1 saturated heterocycles. The van der Waals surface area contributed by atoms with Gasteiger partial charge in [0.05, 0.1) is 6.54 Å². The van der Waals surface area contributed by atoms with Crippen molar-refractivity contribution in [1.82, 2.24) is 10.2 Å². The number of hydrogen-bond donors (Lipinski definition) is 1. The summed E-state index contributed by atoms with van der Waals surface area (Å²) < 4.78 is 13.4. The van der Waals surface area contributed by atoms with E-state index >= 15 is 0 Å². The standard InChI is InChI=1S/C24H27FN2O3/c1-5-6-11-24(18-7-9-19(25)10-8-18)22(29)27(23(30)26-24)14-21(28)20-13-16(3)15(2)12-17(20)4/h7-10,12-13H,5-6,11,14H2,1-4H3,(H,26,30)/t24-/m0/s1. The Morgan fingerprint density at radius 1 is 1.03 bits per heavy atom. The highest BCUT2D eigenvalue weighted by Crippen LogP contribution is 2.34. The summed E-state index contributed by atoms with van der Waals surface area (Å²) in [5, 5.41) is 2.79. The summed E-state index contributed by atoms with van der Waals surface area (Å²) in [5.41, 5.74) is 2.61. The van der Waals surface area contributed by atoms with Crippen LogP contribution in [-0.4, -0.2) is 29.2 Å². The van der Waals surface area contributed by atoms with E-state index in [-0.39, 0.29) is 12.3 Å². The number of urea groups is 1. The van der Waals surface area contributed by atoms with Crippen LogP contribution in [0.25, 0.3) is 0 Å². The lowest BCUT2D eigenvalue weighted by atomic mass is 9.84. The van der Waals surface area contributed by atoms with Crippen molar-refractivity contribution in [3.8, 4) is 0 Å². The van der Waals surface area contributed by atoms with Gasteiger partial charge in [0.15, 0.2) is 5.78 Å². The largest absolute Gasteiger partial charge is 0.325 e. The van der Waals surface area contributed by atoms with Gasteiger partial charge < -0.3 is 5.32 Å². The number of halogens is 1. The van der Waals surface area contributed by atoms with Crippen molar-refractivity contribution in [1.29, 1.82) is 0 Å². The fourth-order valence-electron chi connectivity index (χ4n) is 3.95. The molecule has 2 aromatic rings. The van der Waals surface area contributed by atoms with E-state index in [2.05, 4.69) is 5.32 Å². The molecule has 2 aromatic carbocycles. The van der Waals surface area contributed by atoms with E-state index in [4.69, 9.17) is 0 Å². The minimum Gasteiger partial charge on any atom is -0.319 e. The van der Waals surface area contributed by atoms with Crippen LogP contribution in [0.4, 0.5) is 9.18 Å². The lowest BCUT2D eigenvalue weighted by molar-refractivity contribution is -0.131. The Bertz CT molecular complexity index is 1000. The first kappa shape index (κ1) is 21.7. The van der Waals surface area contributed by atoms with Gasteiger partial charge in [-0.15, -0.1) is 0 Å². The number of benzene rings is 2. The number of rotatable bonds is 7. The van der Waals surface area contributed by atoms with Gasteiger partial charge in [-0.2, -0.15) is 0 Å².